The number of aliphatic hydroxyl groups is 2. The molecular weight excluding hydrogens is 937 g/mol. The number of ether oxygens (including phenoxy) is 5. The van der Waals surface area contributed by atoms with Gasteiger partial charge in [0.2, 0.25) is 18.5 Å². The summed E-state index contributed by atoms with van der Waals surface area (Å²) in [6.07, 6.45) is 21.9. The van der Waals surface area contributed by atoms with Crippen molar-refractivity contribution >= 4 is 23.4 Å². The number of fused-ring (bicyclic) bond motifs is 3. The molecule has 0 aromatic heterocycles. The first-order chi connectivity index (χ1) is 35.9. The maximum atomic E-state index is 15.5. The predicted molar refractivity (Wildman–Crippen MR) is 289 cm³/mol. The van der Waals surface area contributed by atoms with E-state index in [4.69, 9.17) is 33.7 Å². The van der Waals surface area contributed by atoms with Crippen molar-refractivity contribution in [3.05, 3.63) is 132 Å². The number of hydrogen-bond donors (Lipinski definition) is 2. The highest BCUT2D eigenvalue weighted by Crippen LogP contribution is 2.62. The third kappa shape index (κ3) is 13.5. The van der Waals surface area contributed by atoms with E-state index < -0.39 is 17.7 Å². The normalized spacial score (nSPS) is 21.9. The number of benzene rings is 4. The molecule has 2 heterocycles. The molecule has 1 amide bonds. The predicted octanol–water partition coefficient (Wildman–Crippen LogP) is 13.7. The molecule has 2 aliphatic heterocycles. The van der Waals surface area contributed by atoms with E-state index in [9.17, 15) is 10.2 Å². The van der Waals surface area contributed by atoms with E-state index in [2.05, 4.69) is 44.0 Å². The molecule has 4 aliphatic rings. The second-order valence-electron chi connectivity index (χ2n) is 20.1. The topological polar surface area (TPSA) is 129 Å². The molecule has 0 spiro atoms. The fraction of sp³-hybridized carbons (Fsp3) is 0.508. The Hall–Kier alpha value is -5.27. The highest BCUT2D eigenvalue weighted by atomic mass is 32.2. The lowest BCUT2D eigenvalue weighted by atomic mass is 9.55. The molecule has 0 bridgehead atoms. The lowest BCUT2D eigenvalue weighted by Gasteiger charge is -2.60. The number of carbonyl (C=O) groups is 1. The number of amides is 1. The van der Waals surface area contributed by atoms with Crippen LogP contribution in [0.5, 0.6) is 28.7 Å². The molecule has 6 atom stereocenters. The number of nitrogens with zero attached hydrogens (tertiary/aromatic N) is 2. The SMILES string of the molecule is C=CCO[C@@]12Oc3ccc(Oc4ccc(SC)cc4)cc3[C@H]3[C@H](CCCCO)[C@@H](CCCCO)C=C(C(=NOCc4ccccc4)C[C@@H]1N(Cc1ccc4c(c1)OCO4)C(=O)CCCCCCCCCCC)[C@H]32. The number of aliphatic hydroxyl groups excluding tert-OH is 2. The van der Waals surface area contributed by atoms with Crippen LogP contribution in [0.3, 0.4) is 0 Å². The Kier molecular flexibility index (Phi) is 20.2. The first-order valence-electron chi connectivity index (χ1n) is 27.1. The summed E-state index contributed by atoms with van der Waals surface area (Å²) in [6, 6.07) is 29.5. The van der Waals surface area contributed by atoms with Gasteiger partial charge < -0.3 is 43.6 Å². The summed E-state index contributed by atoms with van der Waals surface area (Å²) in [5.74, 6) is 1.54. The first kappa shape index (κ1) is 54.0. The quantitative estimate of drug-likeness (QED) is 0.0225. The fourth-order valence-corrected chi connectivity index (χ4v) is 12.0. The van der Waals surface area contributed by atoms with Gasteiger partial charge in [-0.1, -0.05) is 125 Å². The average Bonchev–Trinajstić information content (AvgIpc) is 3.89. The van der Waals surface area contributed by atoms with Gasteiger partial charge in [0, 0.05) is 49.0 Å². The van der Waals surface area contributed by atoms with Crippen molar-refractivity contribution in [2.24, 2.45) is 22.9 Å². The van der Waals surface area contributed by atoms with Crippen LogP contribution < -0.4 is 18.9 Å². The molecule has 2 N–H and O–H groups in total. The number of allylic oxidation sites excluding steroid dienone is 1. The largest absolute Gasteiger partial charge is 0.459 e. The highest BCUT2D eigenvalue weighted by molar-refractivity contribution is 7.98. The Morgan fingerprint density at radius 1 is 0.808 bits per heavy atom. The molecular formula is C61H78N2O9S. The van der Waals surface area contributed by atoms with Crippen LogP contribution in [0.1, 0.15) is 139 Å². The second-order valence-corrected chi connectivity index (χ2v) is 21.0. The van der Waals surface area contributed by atoms with Gasteiger partial charge in [-0.2, -0.15) is 0 Å². The van der Waals surface area contributed by atoms with Crippen LogP contribution in [0.25, 0.3) is 0 Å². The summed E-state index contributed by atoms with van der Waals surface area (Å²) >= 11 is 1.69. The third-order valence-corrected chi connectivity index (χ3v) is 15.9. The maximum Gasteiger partial charge on any atom is 0.239 e. The Balaban J connectivity index is 1.27. The van der Waals surface area contributed by atoms with Crippen molar-refractivity contribution < 1.29 is 43.5 Å². The van der Waals surface area contributed by atoms with Crippen molar-refractivity contribution in [3.63, 3.8) is 0 Å². The minimum absolute atomic E-state index is 0.0172. The number of oxime groups is 1. The third-order valence-electron chi connectivity index (χ3n) is 15.2. The summed E-state index contributed by atoms with van der Waals surface area (Å²) in [5.41, 5.74) is 4.65. The molecule has 392 valence electrons. The van der Waals surface area contributed by atoms with Crippen molar-refractivity contribution in [2.45, 2.75) is 152 Å². The van der Waals surface area contributed by atoms with E-state index in [1.165, 1.54) is 38.5 Å². The molecule has 0 radical (unpaired) electrons. The first-order valence-corrected chi connectivity index (χ1v) is 28.4. The van der Waals surface area contributed by atoms with Gasteiger partial charge >= 0.3 is 0 Å². The molecule has 4 aromatic carbocycles. The van der Waals surface area contributed by atoms with Gasteiger partial charge in [-0.3, -0.25) is 4.79 Å². The fourth-order valence-electron chi connectivity index (χ4n) is 11.6. The number of hydrogen-bond acceptors (Lipinski definition) is 11. The molecule has 0 saturated heterocycles. The van der Waals surface area contributed by atoms with Crippen LogP contribution in [0.15, 0.2) is 125 Å². The molecule has 11 nitrogen and oxygen atoms in total. The van der Waals surface area contributed by atoms with Gasteiger partial charge in [0.25, 0.3) is 0 Å². The summed E-state index contributed by atoms with van der Waals surface area (Å²) in [6.45, 7) is 7.47. The van der Waals surface area contributed by atoms with E-state index in [0.717, 1.165) is 83.6 Å². The molecule has 0 unspecified atom stereocenters. The zero-order chi connectivity index (χ0) is 50.8. The van der Waals surface area contributed by atoms with Crippen LogP contribution in [-0.2, 0) is 27.5 Å². The highest BCUT2D eigenvalue weighted by Gasteiger charge is 2.65. The van der Waals surface area contributed by atoms with Gasteiger partial charge in [0.1, 0.15) is 29.9 Å². The molecule has 1 fully saturated rings. The molecule has 2 aliphatic carbocycles. The number of rotatable bonds is 30. The van der Waals surface area contributed by atoms with Gasteiger partial charge in [-0.05, 0) is 121 Å². The van der Waals surface area contributed by atoms with Crippen LogP contribution in [0.2, 0.25) is 0 Å². The van der Waals surface area contributed by atoms with E-state index in [1.54, 1.807) is 17.8 Å². The Morgan fingerprint density at radius 3 is 2.26 bits per heavy atom. The molecule has 12 heteroatoms. The minimum atomic E-state index is -1.40. The maximum absolute atomic E-state index is 15.5. The van der Waals surface area contributed by atoms with Crippen molar-refractivity contribution in [1.82, 2.24) is 4.90 Å². The molecule has 1 saturated carbocycles. The van der Waals surface area contributed by atoms with Crippen LogP contribution in [0.4, 0.5) is 0 Å². The molecule has 73 heavy (non-hydrogen) atoms. The van der Waals surface area contributed by atoms with E-state index in [-0.39, 0.29) is 63.4 Å². The van der Waals surface area contributed by atoms with Crippen LogP contribution in [0, 0.1) is 17.8 Å². The summed E-state index contributed by atoms with van der Waals surface area (Å²) in [5, 5.41) is 25.3. The summed E-state index contributed by atoms with van der Waals surface area (Å²) < 4.78 is 33.2. The average molecular weight is 1020 g/mol. The standard InChI is InChI=1S/C61H78N2O9S/c1-4-6-7-8-9-10-11-12-16-25-58(66)63(41-45-26-32-55-56(37-45)68-43-67-55)57-40-53(62-70-42-44-21-14-13-15-22-44)51-38-46(23-17-19-34-64)50(24-18-20-35-65)59-52-39-48(71-47-27-30-49(73-3)31-28-47)29-33-54(52)72-61(57,60(51)59)69-36-5-2/h5,13-15,21-22,26-33,37-39,46,50,57,59-60,64-65H,2,4,6-12,16-20,23-25,34-36,40-43H2,1,3H3/t46-,50+,57-,59+,60+,61+/m0/s1. The van der Waals surface area contributed by atoms with E-state index >= 15 is 4.79 Å². The lowest BCUT2D eigenvalue weighted by Crippen LogP contribution is -2.70. The van der Waals surface area contributed by atoms with Crippen molar-refractivity contribution in [1.29, 1.82) is 0 Å². The van der Waals surface area contributed by atoms with Crippen molar-refractivity contribution in [2.75, 3.05) is 32.9 Å². The summed E-state index contributed by atoms with van der Waals surface area (Å²) in [4.78, 5) is 25.0. The smallest absolute Gasteiger partial charge is 0.239 e. The van der Waals surface area contributed by atoms with Crippen LogP contribution >= 0.6 is 11.8 Å². The monoisotopic (exact) mass is 1010 g/mol. The second kappa shape index (κ2) is 27.3. The van der Waals surface area contributed by atoms with Gasteiger partial charge in [-0.25, -0.2) is 0 Å². The van der Waals surface area contributed by atoms with Crippen LogP contribution in [-0.4, -0.2) is 71.4 Å². The van der Waals surface area contributed by atoms with E-state index in [0.29, 0.717) is 48.7 Å². The molecule has 8 rings (SSSR count). The van der Waals surface area contributed by atoms with E-state index in [1.807, 2.05) is 77.7 Å². The minimum Gasteiger partial charge on any atom is -0.459 e. The van der Waals surface area contributed by atoms with Crippen molar-refractivity contribution in [3.8, 4) is 28.7 Å². The Bertz CT molecular complexity index is 2450. The number of carbonyl (C=O) groups excluding carboxylic acids is 1. The zero-order valence-corrected chi connectivity index (χ0v) is 44.0. The Morgan fingerprint density at radius 2 is 1.52 bits per heavy atom. The Labute approximate surface area is 438 Å². The lowest BCUT2D eigenvalue weighted by molar-refractivity contribution is -0.258. The van der Waals surface area contributed by atoms with Gasteiger partial charge in [0.15, 0.2) is 11.5 Å². The zero-order valence-electron chi connectivity index (χ0n) is 43.2. The van der Waals surface area contributed by atoms with Gasteiger partial charge in [-0.15, -0.1) is 18.3 Å². The number of thioether (sulfide) groups is 1. The summed E-state index contributed by atoms with van der Waals surface area (Å²) in [7, 11) is 0. The number of unbranched alkanes of at least 4 members (excludes halogenated alkanes) is 10. The molecule has 4 aromatic rings. The van der Waals surface area contributed by atoms with Gasteiger partial charge in [0.05, 0.1) is 18.2 Å².